The number of halogens is 1. The summed E-state index contributed by atoms with van der Waals surface area (Å²) in [6.45, 7) is 2.18. The van der Waals surface area contributed by atoms with Crippen molar-refractivity contribution in [2.24, 2.45) is 23.6 Å². The van der Waals surface area contributed by atoms with Crippen LogP contribution in [0.1, 0.15) is 49.3 Å². The maximum Gasteiger partial charge on any atom is 0.0473 e. The van der Waals surface area contributed by atoms with E-state index in [0.717, 1.165) is 17.8 Å². The topological polar surface area (TPSA) is 38.0 Å². The van der Waals surface area contributed by atoms with Gasteiger partial charge in [0.1, 0.15) is 0 Å². The van der Waals surface area contributed by atoms with E-state index in [-0.39, 0.29) is 0 Å². The molecule has 0 radical (unpaired) electrons. The van der Waals surface area contributed by atoms with Crippen LogP contribution in [0.4, 0.5) is 0 Å². The second-order valence-corrected chi connectivity index (χ2v) is 7.45. The van der Waals surface area contributed by atoms with Crippen molar-refractivity contribution in [2.75, 3.05) is 0 Å². The lowest BCUT2D eigenvalue weighted by Gasteiger charge is -2.27. The molecule has 0 aromatic heterocycles. The summed E-state index contributed by atoms with van der Waals surface area (Å²) < 4.78 is 1.37. The molecule has 2 aliphatic carbocycles. The van der Waals surface area contributed by atoms with E-state index in [4.69, 9.17) is 5.84 Å². The molecule has 1 aromatic rings. The van der Waals surface area contributed by atoms with Gasteiger partial charge in [-0.3, -0.25) is 11.3 Å². The first kappa shape index (κ1) is 13.8. The zero-order valence-electron chi connectivity index (χ0n) is 11.5. The first-order chi connectivity index (χ1) is 9.19. The Morgan fingerprint density at radius 2 is 2.21 bits per heavy atom. The van der Waals surface area contributed by atoms with Gasteiger partial charge >= 0.3 is 0 Å². The summed E-state index contributed by atoms with van der Waals surface area (Å²) in [4.78, 5) is 0. The molecular weight excluding hydrogens is 347 g/mol. The zero-order valence-corrected chi connectivity index (χ0v) is 13.7. The number of benzene rings is 1. The molecular formula is C16H23IN2. The number of hydrogen-bond donors (Lipinski definition) is 2. The number of rotatable bonds is 4. The Kier molecular flexibility index (Phi) is 4.15. The van der Waals surface area contributed by atoms with E-state index < -0.39 is 0 Å². The number of aryl methyl sites for hydroxylation is 1. The van der Waals surface area contributed by atoms with Crippen molar-refractivity contribution >= 4 is 22.6 Å². The standard InChI is InChI=1S/C16H23IN2/c1-10-3-2-4-14(16(10)17)15(19-18)9-13-8-11-5-6-12(13)7-11/h2-4,11-13,15,19H,5-9,18H2,1H3. The van der Waals surface area contributed by atoms with Gasteiger partial charge in [0.2, 0.25) is 0 Å². The van der Waals surface area contributed by atoms with E-state index in [0.29, 0.717) is 6.04 Å². The second kappa shape index (κ2) is 5.70. The van der Waals surface area contributed by atoms with Crippen molar-refractivity contribution in [2.45, 2.75) is 45.1 Å². The minimum Gasteiger partial charge on any atom is -0.271 e. The van der Waals surface area contributed by atoms with E-state index >= 15 is 0 Å². The van der Waals surface area contributed by atoms with Gasteiger partial charge in [0.25, 0.3) is 0 Å². The molecule has 2 aliphatic rings. The Hall–Kier alpha value is -0.130. The van der Waals surface area contributed by atoms with Gasteiger partial charge in [-0.15, -0.1) is 0 Å². The van der Waals surface area contributed by atoms with Gasteiger partial charge in [-0.2, -0.15) is 0 Å². The largest absolute Gasteiger partial charge is 0.271 e. The van der Waals surface area contributed by atoms with E-state index in [2.05, 4.69) is 53.1 Å². The van der Waals surface area contributed by atoms with E-state index in [1.54, 1.807) is 0 Å². The van der Waals surface area contributed by atoms with E-state index in [1.165, 1.54) is 46.8 Å². The number of hydrogen-bond acceptors (Lipinski definition) is 2. The normalized spacial score (nSPS) is 30.8. The summed E-state index contributed by atoms with van der Waals surface area (Å²) >= 11 is 2.46. The predicted molar refractivity (Wildman–Crippen MR) is 87.5 cm³/mol. The van der Waals surface area contributed by atoms with Gasteiger partial charge in [-0.1, -0.05) is 24.6 Å². The molecule has 3 N–H and O–H groups in total. The minimum absolute atomic E-state index is 0.316. The SMILES string of the molecule is Cc1cccc(C(CC2CC3CCC2C3)NN)c1I. The van der Waals surface area contributed by atoms with Crippen LogP contribution in [0.2, 0.25) is 0 Å². The molecule has 0 spiro atoms. The van der Waals surface area contributed by atoms with Gasteiger partial charge in [0.15, 0.2) is 0 Å². The maximum absolute atomic E-state index is 5.85. The van der Waals surface area contributed by atoms with Crippen LogP contribution >= 0.6 is 22.6 Å². The smallest absolute Gasteiger partial charge is 0.0473 e. The molecule has 1 aromatic carbocycles. The molecule has 2 fully saturated rings. The van der Waals surface area contributed by atoms with Crippen LogP contribution in [0, 0.1) is 28.2 Å². The van der Waals surface area contributed by atoms with Crippen LogP contribution in [-0.2, 0) is 0 Å². The van der Waals surface area contributed by atoms with E-state index in [1.807, 2.05) is 0 Å². The minimum atomic E-state index is 0.316. The fraction of sp³-hybridized carbons (Fsp3) is 0.625. The highest BCUT2D eigenvalue weighted by atomic mass is 127. The molecule has 19 heavy (non-hydrogen) atoms. The third kappa shape index (κ3) is 2.69. The lowest BCUT2D eigenvalue weighted by atomic mass is 9.83. The molecule has 2 saturated carbocycles. The number of nitrogens with two attached hydrogens (primary N) is 1. The fourth-order valence-electron chi connectivity index (χ4n) is 4.19. The van der Waals surface area contributed by atoms with E-state index in [9.17, 15) is 0 Å². The molecule has 0 aliphatic heterocycles. The lowest BCUT2D eigenvalue weighted by molar-refractivity contribution is 0.279. The van der Waals surface area contributed by atoms with Crippen molar-refractivity contribution in [3.05, 3.63) is 32.9 Å². The Morgan fingerprint density at radius 1 is 1.37 bits per heavy atom. The highest BCUT2D eigenvalue weighted by Gasteiger charge is 2.40. The van der Waals surface area contributed by atoms with Crippen molar-refractivity contribution in [1.29, 1.82) is 0 Å². The van der Waals surface area contributed by atoms with Crippen LogP contribution in [0.25, 0.3) is 0 Å². The average Bonchev–Trinajstić information content (AvgIpc) is 3.02. The van der Waals surface area contributed by atoms with Crippen molar-refractivity contribution in [3.63, 3.8) is 0 Å². The average molecular weight is 370 g/mol. The first-order valence-corrected chi connectivity index (χ1v) is 8.48. The van der Waals surface area contributed by atoms with Crippen LogP contribution in [0.15, 0.2) is 18.2 Å². The molecule has 0 heterocycles. The Bertz CT molecular complexity index is 460. The molecule has 4 atom stereocenters. The summed E-state index contributed by atoms with van der Waals surface area (Å²) in [5.74, 6) is 8.73. The number of hydrazine groups is 1. The first-order valence-electron chi connectivity index (χ1n) is 7.40. The summed E-state index contributed by atoms with van der Waals surface area (Å²) in [5, 5.41) is 0. The van der Waals surface area contributed by atoms with Crippen LogP contribution in [0.5, 0.6) is 0 Å². The molecule has 2 bridgehead atoms. The van der Waals surface area contributed by atoms with Gasteiger partial charge in [0.05, 0.1) is 0 Å². The summed E-state index contributed by atoms with van der Waals surface area (Å²) in [6.07, 6.45) is 7.05. The van der Waals surface area contributed by atoms with Crippen molar-refractivity contribution in [3.8, 4) is 0 Å². The molecule has 0 amide bonds. The van der Waals surface area contributed by atoms with Gasteiger partial charge < -0.3 is 0 Å². The fourth-order valence-corrected chi connectivity index (χ4v) is 4.93. The molecule has 0 saturated heterocycles. The van der Waals surface area contributed by atoms with Crippen molar-refractivity contribution in [1.82, 2.24) is 5.43 Å². The highest BCUT2D eigenvalue weighted by Crippen LogP contribution is 2.51. The predicted octanol–water partition coefficient (Wildman–Crippen LogP) is 3.93. The Morgan fingerprint density at radius 3 is 2.84 bits per heavy atom. The quantitative estimate of drug-likeness (QED) is 0.479. The second-order valence-electron chi connectivity index (χ2n) is 6.37. The lowest BCUT2D eigenvalue weighted by Crippen LogP contribution is -2.31. The molecule has 104 valence electrons. The van der Waals surface area contributed by atoms with Crippen molar-refractivity contribution < 1.29 is 0 Å². The summed E-state index contributed by atoms with van der Waals surface area (Å²) in [7, 11) is 0. The molecule has 2 nitrogen and oxygen atoms in total. The van der Waals surface area contributed by atoms with Crippen LogP contribution in [0.3, 0.4) is 0 Å². The molecule has 4 unspecified atom stereocenters. The third-order valence-corrected chi connectivity index (χ3v) is 6.69. The number of nitrogens with one attached hydrogen (secondary N) is 1. The Labute approximate surface area is 129 Å². The van der Waals surface area contributed by atoms with Gasteiger partial charge in [-0.05, 0) is 84.1 Å². The van der Waals surface area contributed by atoms with Gasteiger partial charge in [0, 0.05) is 9.61 Å². The molecule has 3 heteroatoms. The van der Waals surface area contributed by atoms with Gasteiger partial charge in [-0.25, -0.2) is 0 Å². The van der Waals surface area contributed by atoms with Crippen LogP contribution in [-0.4, -0.2) is 0 Å². The summed E-state index contributed by atoms with van der Waals surface area (Å²) in [5.41, 5.74) is 5.80. The third-order valence-electron chi connectivity index (χ3n) is 5.22. The molecule has 3 rings (SSSR count). The Balaban J connectivity index is 1.75. The summed E-state index contributed by atoms with van der Waals surface area (Å²) in [6, 6.07) is 6.87. The van der Waals surface area contributed by atoms with Crippen LogP contribution < -0.4 is 11.3 Å². The highest BCUT2D eigenvalue weighted by molar-refractivity contribution is 14.1. The number of fused-ring (bicyclic) bond motifs is 2. The maximum atomic E-state index is 5.85. The zero-order chi connectivity index (χ0) is 13.4. The monoisotopic (exact) mass is 370 g/mol.